The summed E-state index contributed by atoms with van der Waals surface area (Å²) in [7, 11) is 0. The molecule has 6 heteroatoms. The summed E-state index contributed by atoms with van der Waals surface area (Å²) >= 11 is 3.49. The van der Waals surface area contributed by atoms with E-state index in [1.807, 2.05) is 36.4 Å². The number of ether oxygens (including phenoxy) is 1. The van der Waals surface area contributed by atoms with Gasteiger partial charge in [0, 0.05) is 29.1 Å². The molecule has 0 aliphatic rings. The van der Waals surface area contributed by atoms with Gasteiger partial charge in [0.2, 0.25) is 0 Å². The molecule has 25 heavy (non-hydrogen) atoms. The molecule has 0 fully saturated rings. The van der Waals surface area contributed by atoms with Crippen LogP contribution in [0, 0.1) is 11.3 Å². The Hall–Kier alpha value is -2.78. The van der Waals surface area contributed by atoms with Crippen LogP contribution in [0.3, 0.4) is 0 Å². The number of rotatable bonds is 6. The number of aromatic nitrogens is 1. The predicted octanol–water partition coefficient (Wildman–Crippen LogP) is 4.87. The maximum absolute atomic E-state index is 12.6. The number of carbonyl (C=O) groups excluding carboxylic acids is 1. The lowest BCUT2D eigenvalue weighted by Gasteiger charge is -2.08. The average Bonchev–Trinajstić information content (AvgIpc) is 2.96. The van der Waals surface area contributed by atoms with E-state index in [1.165, 1.54) is 0 Å². The molecular weight excluding hydrogens is 382 g/mol. The number of H-pyrrole nitrogens is 1. The fraction of sp³-hybridized carbons (Fsp3) is 0.158. The topological polar surface area (TPSA) is 77.9 Å². The van der Waals surface area contributed by atoms with Crippen molar-refractivity contribution >= 4 is 38.4 Å². The molecule has 5 nitrogen and oxygen atoms in total. The van der Waals surface area contributed by atoms with Gasteiger partial charge in [0.1, 0.15) is 11.4 Å². The molecule has 0 saturated carbocycles. The molecule has 3 aromatic rings. The van der Waals surface area contributed by atoms with E-state index in [0.717, 1.165) is 15.4 Å². The highest BCUT2D eigenvalue weighted by Gasteiger charge is 2.16. The van der Waals surface area contributed by atoms with Crippen LogP contribution in [0.2, 0.25) is 0 Å². The summed E-state index contributed by atoms with van der Waals surface area (Å²) in [6.45, 7) is 0.471. The van der Waals surface area contributed by atoms with Crippen LogP contribution >= 0.6 is 15.9 Å². The molecule has 3 rings (SSSR count). The highest BCUT2D eigenvalue weighted by molar-refractivity contribution is 9.10. The van der Waals surface area contributed by atoms with Gasteiger partial charge in [-0.2, -0.15) is 5.26 Å². The fourth-order valence-corrected chi connectivity index (χ4v) is 3.09. The van der Waals surface area contributed by atoms with Gasteiger partial charge in [0.15, 0.2) is 0 Å². The predicted molar refractivity (Wildman–Crippen MR) is 101 cm³/mol. The van der Waals surface area contributed by atoms with E-state index in [0.29, 0.717) is 36.6 Å². The molecule has 0 aliphatic carbocycles. The smallest absolute Gasteiger partial charge is 0.273 e. The number of carbonyl (C=O) groups is 1. The average molecular weight is 398 g/mol. The van der Waals surface area contributed by atoms with Crippen LogP contribution in [0.1, 0.15) is 23.3 Å². The second kappa shape index (κ2) is 7.86. The van der Waals surface area contributed by atoms with Gasteiger partial charge in [0.25, 0.3) is 5.91 Å². The van der Waals surface area contributed by atoms with E-state index in [9.17, 15) is 4.79 Å². The van der Waals surface area contributed by atoms with Gasteiger partial charge < -0.3 is 15.0 Å². The van der Waals surface area contributed by atoms with Crippen molar-refractivity contribution in [3.8, 4) is 11.8 Å². The first kappa shape index (κ1) is 17.1. The quantitative estimate of drug-likeness (QED) is 0.582. The normalized spacial score (nSPS) is 10.4. The summed E-state index contributed by atoms with van der Waals surface area (Å²) in [6.07, 6.45) is 1.14. The lowest BCUT2D eigenvalue weighted by Crippen LogP contribution is -2.13. The molecule has 1 aromatic heterocycles. The summed E-state index contributed by atoms with van der Waals surface area (Å²) in [5, 5.41) is 12.4. The summed E-state index contributed by atoms with van der Waals surface area (Å²) in [5.41, 5.74) is 2.02. The molecule has 0 bridgehead atoms. The number of anilines is 1. The SMILES string of the molecule is N#CCCCOc1cccc(NC(=O)c2[nH]c3ccccc3c2Br)c1. The zero-order chi connectivity index (χ0) is 17.6. The molecular formula is C19H16BrN3O2. The number of benzene rings is 2. The van der Waals surface area contributed by atoms with Gasteiger partial charge in [0.05, 0.1) is 17.1 Å². The number of unbranched alkanes of at least 4 members (excludes halogenated alkanes) is 1. The summed E-state index contributed by atoms with van der Waals surface area (Å²) in [4.78, 5) is 15.7. The van der Waals surface area contributed by atoms with Crippen LogP contribution in [-0.4, -0.2) is 17.5 Å². The Morgan fingerprint density at radius 1 is 1.24 bits per heavy atom. The van der Waals surface area contributed by atoms with Crippen molar-refractivity contribution < 1.29 is 9.53 Å². The minimum absolute atomic E-state index is 0.232. The van der Waals surface area contributed by atoms with Crippen LogP contribution in [0.4, 0.5) is 5.69 Å². The van der Waals surface area contributed by atoms with Gasteiger partial charge in [-0.1, -0.05) is 24.3 Å². The number of amides is 1. The first-order chi connectivity index (χ1) is 12.2. The maximum atomic E-state index is 12.6. The van der Waals surface area contributed by atoms with E-state index in [1.54, 1.807) is 12.1 Å². The minimum Gasteiger partial charge on any atom is -0.493 e. The molecule has 0 atom stereocenters. The zero-order valence-corrected chi connectivity index (χ0v) is 15.0. The first-order valence-corrected chi connectivity index (χ1v) is 8.65. The van der Waals surface area contributed by atoms with Crippen molar-refractivity contribution in [3.63, 3.8) is 0 Å². The van der Waals surface area contributed by atoms with Crippen molar-refractivity contribution in [1.82, 2.24) is 4.98 Å². The number of hydrogen-bond acceptors (Lipinski definition) is 3. The number of para-hydroxylation sites is 1. The van der Waals surface area contributed by atoms with Crippen molar-refractivity contribution in [1.29, 1.82) is 5.26 Å². The maximum Gasteiger partial charge on any atom is 0.273 e. The van der Waals surface area contributed by atoms with Gasteiger partial charge in [-0.05, 0) is 40.5 Å². The van der Waals surface area contributed by atoms with Crippen molar-refractivity contribution in [2.45, 2.75) is 12.8 Å². The number of halogens is 1. The summed E-state index contributed by atoms with van der Waals surface area (Å²) < 4.78 is 6.33. The molecule has 1 amide bonds. The van der Waals surface area contributed by atoms with Crippen LogP contribution in [0.15, 0.2) is 53.0 Å². The van der Waals surface area contributed by atoms with Crippen LogP contribution < -0.4 is 10.1 Å². The van der Waals surface area contributed by atoms with E-state index in [-0.39, 0.29) is 5.91 Å². The van der Waals surface area contributed by atoms with Gasteiger partial charge in [-0.25, -0.2) is 0 Å². The van der Waals surface area contributed by atoms with E-state index >= 15 is 0 Å². The summed E-state index contributed by atoms with van der Waals surface area (Å²) in [5.74, 6) is 0.427. The van der Waals surface area contributed by atoms with Crippen LogP contribution in [-0.2, 0) is 0 Å². The minimum atomic E-state index is -0.232. The number of fused-ring (bicyclic) bond motifs is 1. The lowest BCUT2D eigenvalue weighted by atomic mass is 10.2. The third kappa shape index (κ3) is 4.01. The largest absolute Gasteiger partial charge is 0.493 e. The van der Waals surface area contributed by atoms with Crippen LogP contribution in [0.25, 0.3) is 10.9 Å². The van der Waals surface area contributed by atoms with Gasteiger partial charge >= 0.3 is 0 Å². The fourth-order valence-electron chi connectivity index (χ4n) is 2.46. The van der Waals surface area contributed by atoms with Crippen molar-refractivity contribution in [2.75, 3.05) is 11.9 Å². The Morgan fingerprint density at radius 2 is 2.08 bits per heavy atom. The Morgan fingerprint density at radius 3 is 2.88 bits per heavy atom. The monoisotopic (exact) mass is 397 g/mol. The number of nitrogens with one attached hydrogen (secondary N) is 2. The summed E-state index contributed by atoms with van der Waals surface area (Å²) in [6, 6.07) is 17.0. The van der Waals surface area contributed by atoms with Crippen molar-refractivity contribution in [2.24, 2.45) is 0 Å². The highest BCUT2D eigenvalue weighted by atomic mass is 79.9. The number of nitrogens with zero attached hydrogens (tertiary/aromatic N) is 1. The zero-order valence-electron chi connectivity index (χ0n) is 13.4. The number of hydrogen-bond donors (Lipinski definition) is 2. The Bertz CT molecular complexity index is 943. The molecule has 0 unspecified atom stereocenters. The highest BCUT2D eigenvalue weighted by Crippen LogP contribution is 2.28. The van der Waals surface area contributed by atoms with Crippen LogP contribution in [0.5, 0.6) is 5.75 Å². The molecule has 1 heterocycles. The Kier molecular flexibility index (Phi) is 5.36. The third-order valence-electron chi connectivity index (χ3n) is 3.66. The third-order valence-corrected chi connectivity index (χ3v) is 4.49. The van der Waals surface area contributed by atoms with Gasteiger partial charge in [-0.3, -0.25) is 4.79 Å². The molecule has 2 N–H and O–H groups in total. The second-order valence-electron chi connectivity index (χ2n) is 5.45. The molecule has 0 saturated heterocycles. The second-order valence-corrected chi connectivity index (χ2v) is 6.24. The number of aromatic amines is 1. The van der Waals surface area contributed by atoms with Crippen molar-refractivity contribution in [3.05, 3.63) is 58.7 Å². The number of nitriles is 1. The van der Waals surface area contributed by atoms with E-state index in [2.05, 4.69) is 32.3 Å². The van der Waals surface area contributed by atoms with E-state index in [4.69, 9.17) is 10.00 Å². The first-order valence-electron chi connectivity index (χ1n) is 7.86. The van der Waals surface area contributed by atoms with E-state index < -0.39 is 0 Å². The Labute approximate surface area is 153 Å². The van der Waals surface area contributed by atoms with Gasteiger partial charge in [-0.15, -0.1) is 0 Å². The Balaban J connectivity index is 1.72. The molecule has 2 aromatic carbocycles. The molecule has 0 aliphatic heterocycles. The molecule has 0 spiro atoms. The standard InChI is InChI=1S/C19H16BrN3O2/c20-17-15-8-1-2-9-16(15)23-18(17)19(24)22-13-6-5-7-14(12-13)25-11-4-3-10-21/h1-2,5-9,12,23H,3-4,11H2,(H,22,24). The lowest BCUT2D eigenvalue weighted by molar-refractivity contribution is 0.102. The molecule has 126 valence electrons. The molecule has 0 radical (unpaired) electrons.